The van der Waals surface area contributed by atoms with Gasteiger partial charge in [-0.25, -0.2) is 14.4 Å². The van der Waals surface area contributed by atoms with Crippen molar-refractivity contribution >= 4 is 17.3 Å². The molecule has 2 rings (SSSR count). The molecule has 0 amide bonds. The molecule has 0 radical (unpaired) electrons. The summed E-state index contributed by atoms with van der Waals surface area (Å²) in [7, 11) is 0. The molecular weight excluding hydrogens is 255 g/mol. The van der Waals surface area contributed by atoms with Crippen LogP contribution in [0.5, 0.6) is 0 Å². The van der Waals surface area contributed by atoms with E-state index in [0.29, 0.717) is 17.7 Å². The summed E-state index contributed by atoms with van der Waals surface area (Å²) in [6, 6.07) is 8.37. The summed E-state index contributed by atoms with van der Waals surface area (Å²) in [6.07, 6.45) is 1.02. The van der Waals surface area contributed by atoms with Crippen LogP contribution in [0.4, 0.5) is 21.7 Å². The number of benzene rings is 1. The van der Waals surface area contributed by atoms with E-state index in [2.05, 4.69) is 34.4 Å². The Morgan fingerprint density at radius 1 is 1.15 bits per heavy atom. The van der Waals surface area contributed by atoms with Crippen LogP contribution in [0.25, 0.3) is 0 Å². The second-order valence-electron chi connectivity index (χ2n) is 4.77. The van der Waals surface area contributed by atoms with Gasteiger partial charge in [-0.15, -0.1) is 0 Å². The standard InChI is InChI=1S/C15H19FN4/c1-4-10(2)17-14-9-15(19-11(3)18-14)20-13-7-5-12(16)6-8-13/h5-10H,4H2,1-3H3,(H2,17,18,19,20). The van der Waals surface area contributed by atoms with Gasteiger partial charge in [0, 0.05) is 17.8 Å². The highest BCUT2D eigenvalue weighted by atomic mass is 19.1. The Morgan fingerprint density at radius 2 is 1.80 bits per heavy atom. The van der Waals surface area contributed by atoms with Gasteiger partial charge in [-0.2, -0.15) is 0 Å². The van der Waals surface area contributed by atoms with Crippen molar-refractivity contribution < 1.29 is 4.39 Å². The largest absolute Gasteiger partial charge is 0.367 e. The van der Waals surface area contributed by atoms with Gasteiger partial charge >= 0.3 is 0 Å². The van der Waals surface area contributed by atoms with Gasteiger partial charge in [0.05, 0.1) is 0 Å². The molecule has 1 unspecified atom stereocenters. The Kier molecular flexibility index (Phi) is 4.50. The SMILES string of the molecule is CCC(C)Nc1cc(Nc2ccc(F)cc2)nc(C)n1. The molecule has 0 spiro atoms. The predicted octanol–water partition coefficient (Wildman–Crippen LogP) is 3.88. The van der Waals surface area contributed by atoms with Crippen LogP contribution >= 0.6 is 0 Å². The average molecular weight is 274 g/mol. The topological polar surface area (TPSA) is 49.8 Å². The van der Waals surface area contributed by atoms with Crippen molar-refractivity contribution in [2.45, 2.75) is 33.2 Å². The molecular formula is C15H19FN4. The maximum Gasteiger partial charge on any atom is 0.136 e. The lowest BCUT2D eigenvalue weighted by Crippen LogP contribution is -2.15. The van der Waals surface area contributed by atoms with Crippen molar-refractivity contribution in [1.29, 1.82) is 0 Å². The fourth-order valence-electron chi connectivity index (χ4n) is 1.74. The number of hydrogen-bond acceptors (Lipinski definition) is 4. The molecule has 0 aliphatic heterocycles. The Hall–Kier alpha value is -2.17. The molecule has 1 aromatic carbocycles. The van der Waals surface area contributed by atoms with Gasteiger partial charge in [0.25, 0.3) is 0 Å². The number of aryl methyl sites for hydroxylation is 1. The Balaban J connectivity index is 2.17. The van der Waals surface area contributed by atoms with Gasteiger partial charge in [0.1, 0.15) is 23.3 Å². The molecule has 106 valence electrons. The van der Waals surface area contributed by atoms with E-state index in [4.69, 9.17) is 0 Å². The quantitative estimate of drug-likeness (QED) is 0.868. The first-order valence-electron chi connectivity index (χ1n) is 6.71. The summed E-state index contributed by atoms with van der Waals surface area (Å²) in [4.78, 5) is 8.68. The van der Waals surface area contributed by atoms with Crippen molar-refractivity contribution in [3.05, 3.63) is 42.0 Å². The van der Waals surface area contributed by atoms with Crippen LogP contribution in [-0.2, 0) is 0 Å². The van der Waals surface area contributed by atoms with Crippen LogP contribution in [0.15, 0.2) is 30.3 Å². The highest BCUT2D eigenvalue weighted by molar-refractivity contribution is 5.59. The zero-order valence-electron chi connectivity index (χ0n) is 11.9. The van der Waals surface area contributed by atoms with Gasteiger partial charge in [-0.05, 0) is 44.5 Å². The molecule has 1 heterocycles. The van der Waals surface area contributed by atoms with E-state index in [9.17, 15) is 4.39 Å². The molecule has 0 fully saturated rings. The molecule has 20 heavy (non-hydrogen) atoms. The molecule has 1 aromatic heterocycles. The van der Waals surface area contributed by atoms with Crippen LogP contribution in [-0.4, -0.2) is 16.0 Å². The molecule has 0 aliphatic carbocycles. The van der Waals surface area contributed by atoms with Crippen molar-refractivity contribution in [2.75, 3.05) is 10.6 Å². The van der Waals surface area contributed by atoms with Gasteiger partial charge in [0.2, 0.25) is 0 Å². The van der Waals surface area contributed by atoms with E-state index in [1.165, 1.54) is 12.1 Å². The molecule has 2 aromatic rings. The minimum absolute atomic E-state index is 0.256. The zero-order valence-corrected chi connectivity index (χ0v) is 11.9. The van der Waals surface area contributed by atoms with Gasteiger partial charge in [-0.1, -0.05) is 6.92 Å². The summed E-state index contributed by atoms with van der Waals surface area (Å²) in [5.74, 6) is 1.91. The number of nitrogens with zero attached hydrogens (tertiary/aromatic N) is 2. The summed E-state index contributed by atoms with van der Waals surface area (Å²) >= 11 is 0. The summed E-state index contributed by atoms with van der Waals surface area (Å²) in [6.45, 7) is 6.06. The molecule has 0 aliphatic rings. The Labute approximate surface area is 118 Å². The van der Waals surface area contributed by atoms with Crippen LogP contribution in [0.1, 0.15) is 26.1 Å². The lowest BCUT2D eigenvalue weighted by atomic mass is 10.2. The number of hydrogen-bond donors (Lipinski definition) is 2. The van der Waals surface area contributed by atoms with E-state index in [1.54, 1.807) is 12.1 Å². The first kappa shape index (κ1) is 14.2. The summed E-state index contributed by atoms with van der Waals surface area (Å²) in [5.41, 5.74) is 0.791. The third-order valence-electron chi connectivity index (χ3n) is 2.96. The van der Waals surface area contributed by atoms with Gasteiger partial charge < -0.3 is 10.6 Å². The average Bonchev–Trinajstić information content (AvgIpc) is 2.40. The van der Waals surface area contributed by atoms with Crippen LogP contribution < -0.4 is 10.6 Å². The van der Waals surface area contributed by atoms with E-state index in [0.717, 1.165) is 17.9 Å². The second kappa shape index (κ2) is 6.32. The van der Waals surface area contributed by atoms with E-state index < -0.39 is 0 Å². The smallest absolute Gasteiger partial charge is 0.136 e. The molecule has 0 bridgehead atoms. The first-order valence-corrected chi connectivity index (χ1v) is 6.71. The lowest BCUT2D eigenvalue weighted by Gasteiger charge is -2.14. The molecule has 0 saturated heterocycles. The fraction of sp³-hybridized carbons (Fsp3) is 0.333. The highest BCUT2D eigenvalue weighted by Gasteiger charge is 2.05. The van der Waals surface area contributed by atoms with Crippen molar-refractivity contribution in [1.82, 2.24) is 9.97 Å². The first-order chi connectivity index (χ1) is 9.56. The molecule has 0 saturated carbocycles. The minimum Gasteiger partial charge on any atom is -0.367 e. The van der Waals surface area contributed by atoms with E-state index in [-0.39, 0.29) is 5.82 Å². The molecule has 2 N–H and O–H groups in total. The minimum atomic E-state index is -0.256. The number of nitrogens with one attached hydrogen (secondary N) is 2. The fourth-order valence-corrected chi connectivity index (χ4v) is 1.74. The van der Waals surface area contributed by atoms with Gasteiger partial charge in [0.15, 0.2) is 0 Å². The maximum atomic E-state index is 12.9. The van der Waals surface area contributed by atoms with E-state index >= 15 is 0 Å². The molecule has 1 atom stereocenters. The summed E-state index contributed by atoms with van der Waals surface area (Å²) < 4.78 is 12.9. The number of rotatable bonds is 5. The van der Waals surface area contributed by atoms with Crippen molar-refractivity contribution in [3.8, 4) is 0 Å². The normalized spacial score (nSPS) is 12.0. The van der Waals surface area contributed by atoms with Crippen molar-refractivity contribution in [3.63, 3.8) is 0 Å². The van der Waals surface area contributed by atoms with E-state index in [1.807, 2.05) is 13.0 Å². The monoisotopic (exact) mass is 274 g/mol. The number of halogens is 1. The van der Waals surface area contributed by atoms with Gasteiger partial charge in [-0.3, -0.25) is 0 Å². The molecule has 5 heteroatoms. The number of aromatic nitrogens is 2. The van der Waals surface area contributed by atoms with Crippen molar-refractivity contribution in [2.24, 2.45) is 0 Å². The maximum absolute atomic E-state index is 12.9. The predicted molar refractivity (Wildman–Crippen MR) is 79.8 cm³/mol. The third-order valence-corrected chi connectivity index (χ3v) is 2.96. The molecule has 4 nitrogen and oxygen atoms in total. The Bertz CT molecular complexity index is 569. The summed E-state index contributed by atoms with van der Waals surface area (Å²) in [5, 5.41) is 6.46. The van der Waals surface area contributed by atoms with Crippen LogP contribution in [0.3, 0.4) is 0 Å². The second-order valence-corrected chi connectivity index (χ2v) is 4.77. The Morgan fingerprint density at radius 3 is 2.45 bits per heavy atom. The van der Waals surface area contributed by atoms with Crippen LogP contribution in [0.2, 0.25) is 0 Å². The number of anilines is 3. The highest BCUT2D eigenvalue weighted by Crippen LogP contribution is 2.18. The third kappa shape index (κ3) is 3.91. The lowest BCUT2D eigenvalue weighted by molar-refractivity contribution is 0.628. The van der Waals surface area contributed by atoms with Crippen LogP contribution in [0, 0.1) is 12.7 Å². The zero-order chi connectivity index (χ0) is 14.5.